The minimum Gasteiger partial charge on any atom is -0.496 e. The van der Waals surface area contributed by atoms with E-state index in [4.69, 9.17) is 9.47 Å². The van der Waals surface area contributed by atoms with Crippen molar-refractivity contribution in [3.8, 4) is 11.5 Å². The summed E-state index contributed by atoms with van der Waals surface area (Å²) in [6.45, 7) is 4.53. The molecule has 21 heavy (non-hydrogen) atoms. The molecular formula is C18H22O3. The number of benzene rings is 2. The van der Waals surface area contributed by atoms with Crippen molar-refractivity contribution in [1.82, 2.24) is 0 Å². The summed E-state index contributed by atoms with van der Waals surface area (Å²) in [6, 6.07) is 13.6. The first-order chi connectivity index (χ1) is 10.2. The Bertz CT molecular complexity index is 593. The molecule has 1 N–H and O–H groups in total. The Morgan fingerprint density at radius 1 is 1.10 bits per heavy atom. The van der Waals surface area contributed by atoms with Crippen molar-refractivity contribution in [3.05, 3.63) is 59.2 Å². The van der Waals surface area contributed by atoms with E-state index in [1.165, 1.54) is 0 Å². The van der Waals surface area contributed by atoms with E-state index < -0.39 is 6.10 Å². The SMILES string of the molecule is CCOc1ccc(C)cc1C(O)Cc1ccccc1OC. The van der Waals surface area contributed by atoms with Crippen molar-refractivity contribution >= 4 is 0 Å². The monoisotopic (exact) mass is 286 g/mol. The molecule has 2 aromatic carbocycles. The van der Waals surface area contributed by atoms with Gasteiger partial charge in [0.1, 0.15) is 11.5 Å². The van der Waals surface area contributed by atoms with Crippen molar-refractivity contribution < 1.29 is 14.6 Å². The molecule has 0 saturated carbocycles. The third-order valence-corrected chi connectivity index (χ3v) is 3.43. The van der Waals surface area contributed by atoms with E-state index in [2.05, 4.69) is 0 Å². The van der Waals surface area contributed by atoms with Gasteiger partial charge >= 0.3 is 0 Å². The Kier molecular flexibility index (Phi) is 5.23. The van der Waals surface area contributed by atoms with Gasteiger partial charge in [-0.3, -0.25) is 0 Å². The van der Waals surface area contributed by atoms with Crippen molar-refractivity contribution in [2.24, 2.45) is 0 Å². The number of aliphatic hydroxyl groups excluding tert-OH is 1. The predicted octanol–water partition coefficient (Wildman–Crippen LogP) is 3.68. The normalized spacial score (nSPS) is 12.0. The maximum absolute atomic E-state index is 10.6. The average molecular weight is 286 g/mol. The standard InChI is InChI=1S/C18H22O3/c1-4-21-18-10-9-13(2)11-15(18)16(19)12-14-7-5-6-8-17(14)20-3/h5-11,16,19H,4,12H2,1-3H3. The molecule has 0 fully saturated rings. The first kappa shape index (κ1) is 15.4. The Morgan fingerprint density at radius 3 is 2.57 bits per heavy atom. The summed E-state index contributed by atoms with van der Waals surface area (Å²) in [5.74, 6) is 1.53. The third kappa shape index (κ3) is 3.76. The van der Waals surface area contributed by atoms with Crippen LogP contribution in [0.1, 0.15) is 29.7 Å². The maximum Gasteiger partial charge on any atom is 0.125 e. The van der Waals surface area contributed by atoms with Crippen LogP contribution in [-0.4, -0.2) is 18.8 Å². The van der Waals surface area contributed by atoms with Crippen LogP contribution >= 0.6 is 0 Å². The van der Waals surface area contributed by atoms with Gasteiger partial charge in [-0.1, -0.05) is 29.8 Å². The van der Waals surface area contributed by atoms with Crippen LogP contribution in [0.2, 0.25) is 0 Å². The fourth-order valence-corrected chi connectivity index (χ4v) is 2.41. The first-order valence-electron chi connectivity index (χ1n) is 7.19. The summed E-state index contributed by atoms with van der Waals surface area (Å²) < 4.78 is 11.0. The van der Waals surface area contributed by atoms with E-state index >= 15 is 0 Å². The van der Waals surface area contributed by atoms with Crippen LogP contribution in [0.25, 0.3) is 0 Å². The van der Waals surface area contributed by atoms with Crippen LogP contribution < -0.4 is 9.47 Å². The molecule has 3 nitrogen and oxygen atoms in total. The van der Waals surface area contributed by atoms with Gasteiger partial charge in [-0.25, -0.2) is 0 Å². The zero-order valence-electron chi connectivity index (χ0n) is 12.8. The van der Waals surface area contributed by atoms with Gasteiger partial charge in [0.15, 0.2) is 0 Å². The number of rotatable bonds is 6. The number of hydrogen-bond donors (Lipinski definition) is 1. The molecule has 3 heteroatoms. The zero-order chi connectivity index (χ0) is 15.2. The quantitative estimate of drug-likeness (QED) is 0.880. The number of para-hydroxylation sites is 1. The van der Waals surface area contributed by atoms with Crippen molar-refractivity contribution in [2.45, 2.75) is 26.4 Å². The lowest BCUT2D eigenvalue weighted by Gasteiger charge is -2.17. The number of hydrogen-bond acceptors (Lipinski definition) is 3. The van der Waals surface area contributed by atoms with Crippen molar-refractivity contribution in [2.75, 3.05) is 13.7 Å². The molecule has 1 unspecified atom stereocenters. The van der Waals surface area contributed by atoms with E-state index in [1.54, 1.807) is 7.11 Å². The highest BCUT2D eigenvalue weighted by atomic mass is 16.5. The fraction of sp³-hybridized carbons (Fsp3) is 0.333. The summed E-state index contributed by atoms with van der Waals surface area (Å²) >= 11 is 0. The Labute approximate surface area is 126 Å². The average Bonchev–Trinajstić information content (AvgIpc) is 2.49. The Balaban J connectivity index is 2.27. The molecule has 2 aromatic rings. The number of aliphatic hydroxyl groups is 1. The van der Waals surface area contributed by atoms with Crippen molar-refractivity contribution in [3.63, 3.8) is 0 Å². The van der Waals surface area contributed by atoms with E-state index in [0.29, 0.717) is 13.0 Å². The minimum atomic E-state index is -0.622. The summed E-state index contributed by atoms with van der Waals surface area (Å²) in [5.41, 5.74) is 2.91. The molecule has 0 radical (unpaired) electrons. The molecule has 0 aromatic heterocycles. The molecule has 0 bridgehead atoms. The second-order valence-corrected chi connectivity index (χ2v) is 5.01. The minimum absolute atomic E-state index is 0.494. The molecule has 2 rings (SSSR count). The lowest BCUT2D eigenvalue weighted by molar-refractivity contribution is 0.171. The largest absolute Gasteiger partial charge is 0.496 e. The summed E-state index contributed by atoms with van der Waals surface area (Å²) in [4.78, 5) is 0. The van der Waals surface area contributed by atoms with Gasteiger partial charge in [0, 0.05) is 12.0 Å². The highest BCUT2D eigenvalue weighted by molar-refractivity contribution is 5.41. The maximum atomic E-state index is 10.6. The van der Waals surface area contributed by atoms with E-state index in [-0.39, 0.29) is 0 Å². The highest BCUT2D eigenvalue weighted by Crippen LogP contribution is 2.31. The van der Waals surface area contributed by atoms with Crippen molar-refractivity contribution in [1.29, 1.82) is 0 Å². The van der Waals surface area contributed by atoms with Gasteiger partial charge in [-0.15, -0.1) is 0 Å². The molecular weight excluding hydrogens is 264 g/mol. The molecule has 0 spiro atoms. The van der Waals surface area contributed by atoms with Crippen LogP contribution in [-0.2, 0) is 6.42 Å². The van der Waals surface area contributed by atoms with Gasteiger partial charge in [0.05, 0.1) is 19.8 Å². The summed E-state index contributed by atoms with van der Waals surface area (Å²) in [6.07, 6.45) is -0.129. The van der Waals surface area contributed by atoms with Crippen LogP contribution in [0.3, 0.4) is 0 Å². The fourth-order valence-electron chi connectivity index (χ4n) is 2.41. The van der Waals surface area contributed by atoms with Crippen LogP contribution in [0.4, 0.5) is 0 Å². The third-order valence-electron chi connectivity index (χ3n) is 3.43. The molecule has 0 aliphatic carbocycles. The van der Waals surface area contributed by atoms with Crippen LogP contribution in [0, 0.1) is 6.92 Å². The van der Waals surface area contributed by atoms with Gasteiger partial charge in [-0.05, 0) is 37.6 Å². The molecule has 0 saturated heterocycles. The number of ether oxygens (including phenoxy) is 2. The summed E-state index contributed by atoms with van der Waals surface area (Å²) in [5, 5.41) is 10.6. The van der Waals surface area contributed by atoms with Crippen LogP contribution in [0.5, 0.6) is 11.5 Å². The van der Waals surface area contributed by atoms with Gasteiger partial charge in [-0.2, -0.15) is 0 Å². The lowest BCUT2D eigenvalue weighted by Crippen LogP contribution is -2.06. The van der Waals surface area contributed by atoms with Gasteiger partial charge < -0.3 is 14.6 Å². The molecule has 0 aliphatic rings. The molecule has 0 amide bonds. The van der Waals surface area contributed by atoms with E-state index in [0.717, 1.165) is 28.2 Å². The smallest absolute Gasteiger partial charge is 0.125 e. The number of aryl methyl sites for hydroxylation is 1. The molecule has 112 valence electrons. The predicted molar refractivity (Wildman–Crippen MR) is 84.0 cm³/mol. The zero-order valence-corrected chi connectivity index (χ0v) is 12.8. The van der Waals surface area contributed by atoms with Gasteiger partial charge in [0.25, 0.3) is 0 Å². The topological polar surface area (TPSA) is 38.7 Å². The molecule has 0 heterocycles. The lowest BCUT2D eigenvalue weighted by atomic mass is 9.98. The van der Waals surface area contributed by atoms with E-state index in [9.17, 15) is 5.11 Å². The van der Waals surface area contributed by atoms with Gasteiger partial charge in [0.2, 0.25) is 0 Å². The number of methoxy groups -OCH3 is 1. The molecule has 0 aliphatic heterocycles. The first-order valence-corrected chi connectivity index (χ1v) is 7.19. The second-order valence-electron chi connectivity index (χ2n) is 5.01. The second kappa shape index (κ2) is 7.14. The van der Waals surface area contributed by atoms with Crippen LogP contribution in [0.15, 0.2) is 42.5 Å². The highest BCUT2D eigenvalue weighted by Gasteiger charge is 2.16. The summed E-state index contributed by atoms with van der Waals surface area (Å²) in [7, 11) is 1.64. The van der Waals surface area contributed by atoms with E-state index in [1.807, 2.05) is 56.3 Å². The molecule has 1 atom stereocenters. The Hall–Kier alpha value is -2.00. The Morgan fingerprint density at radius 2 is 1.86 bits per heavy atom.